The van der Waals surface area contributed by atoms with Gasteiger partial charge in [0.15, 0.2) is 0 Å². The second kappa shape index (κ2) is 4.25. The van der Waals surface area contributed by atoms with Gasteiger partial charge in [-0.2, -0.15) is 10.4 Å². The molecule has 18 heavy (non-hydrogen) atoms. The molecule has 0 amide bonds. The Morgan fingerprint density at radius 2 is 2.06 bits per heavy atom. The minimum atomic E-state index is -1.25. The number of H-pyrrole nitrogens is 1. The van der Waals surface area contributed by atoms with Crippen molar-refractivity contribution < 1.29 is 18.7 Å². The SMILES string of the molecule is N#Cc1cc(-c2cc(C(=O)O)[nH]n2)c(F)cc1F. The van der Waals surface area contributed by atoms with Crippen molar-refractivity contribution in [3.63, 3.8) is 0 Å². The maximum atomic E-state index is 13.5. The number of nitriles is 1. The number of aromatic carboxylic acids is 1. The van der Waals surface area contributed by atoms with Gasteiger partial charge in [0, 0.05) is 11.6 Å². The van der Waals surface area contributed by atoms with Gasteiger partial charge in [-0.15, -0.1) is 0 Å². The predicted molar refractivity (Wildman–Crippen MR) is 55.6 cm³/mol. The molecule has 0 radical (unpaired) electrons. The average Bonchev–Trinajstić information content (AvgIpc) is 2.78. The summed E-state index contributed by atoms with van der Waals surface area (Å²) in [6.07, 6.45) is 0. The maximum absolute atomic E-state index is 13.5. The predicted octanol–water partition coefficient (Wildman–Crippen LogP) is 1.92. The molecule has 1 aromatic heterocycles. The summed E-state index contributed by atoms with van der Waals surface area (Å²) in [5.74, 6) is -3.15. The van der Waals surface area contributed by atoms with Crippen molar-refractivity contribution in [2.75, 3.05) is 0 Å². The highest BCUT2D eigenvalue weighted by molar-refractivity contribution is 5.86. The Labute approximate surface area is 99.3 Å². The number of hydrogen-bond acceptors (Lipinski definition) is 3. The van der Waals surface area contributed by atoms with E-state index >= 15 is 0 Å². The smallest absolute Gasteiger partial charge is 0.353 e. The largest absolute Gasteiger partial charge is 0.477 e. The molecule has 0 saturated carbocycles. The number of rotatable bonds is 2. The number of carbonyl (C=O) groups is 1. The summed E-state index contributed by atoms with van der Waals surface area (Å²) >= 11 is 0. The second-order valence-electron chi connectivity index (χ2n) is 3.40. The van der Waals surface area contributed by atoms with E-state index in [1.165, 1.54) is 0 Å². The molecule has 2 aromatic rings. The van der Waals surface area contributed by atoms with Crippen LogP contribution in [0.4, 0.5) is 8.78 Å². The highest BCUT2D eigenvalue weighted by Crippen LogP contribution is 2.24. The molecule has 7 heteroatoms. The van der Waals surface area contributed by atoms with Crippen LogP contribution in [0.15, 0.2) is 18.2 Å². The zero-order valence-corrected chi connectivity index (χ0v) is 8.74. The zero-order valence-electron chi connectivity index (χ0n) is 8.74. The highest BCUT2D eigenvalue weighted by Gasteiger charge is 2.15. The van der Waals surface area contributed by atoms with Crippen LogP contribution in [0.25, 0.3) is 11.3 Å². The Balaban J connectivity index is 2.56. The lowest BCUT2D eigenvalue weighted by molar-refractivity contribution is 0.0690. The fraction of sp³-hybridized carbons (Fsp3) is 0. The van der Waals surface area contributed by atoms with E-state index in [-0.39, 0.29) is 22.5 Å². The van der Waals surface area contributed by atoms with E-state index in [2.05, 4.69) is 10.2 Å². The highest BCUT2D eigenvalue weighted by atomic mass is 19.1. The van der Waals surface area contributed by atoms with E-state index in [4.69, 9.17) is 10.4 Å². The van der Waals surface area contributed by atoms with Gasteiger partial charge < -0.3 is 5.11 Å². The first-order chi connectivity index (χ1) is 8.52. The third-order valence-electron chi connectivity index (χ3n) is 2.26. The fourth-order valence-electron chi connectivity index (χ4n) is 1.40. The van der Waals surface area contributed by atoms with Crippen molar-refractivity contribution in [1.29, 1.82) is 5.26 Å². The van der Waals surface area contributed by atoms with Crippen LogP contribution in [-0.4, -0.2) is 21.3 Å². The Bertz CT molecular complexity index is 673. The first-order valence-electron chi connectivity index (χ1n) is 4.71. The monoisotopic (exact) mass is 249 g/mol. The first kappa shape index (κ1) is 11.7. The minimum absolute atomic E-state index is 0.0126. The van der Waals surface area contributed by atoms with Crippen molar-refractivity contribution in [2.45, 2.75) is 0 Å². The lowest BCUT2D eigenvalue weighted by Crippen LogP contribution is -1.95. The number of aromatic nitrogens is 2. The van der Waals surface area contributed by atoms with Gasteiger partial charge in [-0.3, -0.25) is 5.10 Å². The van der Waals surface area contributed by atoms with Crippen molar-refractivity contribution in [3.8, 4) is 17.3 Å². The molecule has 0 aliphatic carbocycles. The van der Waals surface area contributed by atoms with Gasteiger partial charge in [0.05, 0.1) is 11.3 Å². The van der Waals surface area contributed by atoms with Crippen LogP contribution in [-0.2, 0) is 0 Å². The van der Waals surface area contributed by atoms with Gasteiger partial charge in [-0.05, 0) is 12.1 Å². The molecule has 1 aromatic carbocycles. The number of benzene rings is 1. The van der Waals surface area contributed by atoms with E-state index < -0.39 is 17.6 Å². The molecule has 2 rings (SSSR count). The number of halogens is 2. The summed E-state index contributed by atoms with van der Waals surface area (Å²) in [4.78, 5) is 10.6. The molecule has 5 nitrogen and oxygen atoms in total. The van der Waals surface area contributed by atoms with Gasteiger partial charge in [-0.1, -0.05) is 0 Å². The lowest BCUT2D eigenvalue weighted by atomic mass is 10.1. The summed E-state index contributed by atoms with van der Waals surface area (Å²) in [5, 5.41) is 23.1. The number of carboxylic acids is 1. The summed E-state index contributed by atoms with van der Waals surface area (Å²) in [7, 11) is 0. The molecule has 90 valence electrons. The van der Waals surface area contributed by atoms with Crippen molar-refractivity contribution >= 4 is 5.97 Å². The van der Waals surface area contributed by atoms with E-state index in [0.29, 0.717) is 6.07 Å². The summed E-state index contributed by atoms with van der Waals surface area (Å²) < 4.78 is 26.6. The standard InChI is InChI=1S/C11H5F2N3O2/c12-7-2-8(13)6(1-5(7)4-14)9-3-10(11(17)18)16-15-9/h1-3H,(H,15,16)(H,17,18). The normalized spacial score (nSPS) is 10.1. The maximum Gasteiger partial charge on any atom is 0.353 e. The van der Waals surface area contributed by atoms with Crippen LogP contribution in [0.5, 0.6) is 0 Å². The van der Waals surface area contributed by atoms with Crippen LogP contribution >= 0.6 is 0 Å². The minimum Gasteiger partial charge on any atom is -0.477 e. The number of aromatic amines is 1. The van der Waals surface area contributed by atoms with Gasteiger partial charge in [-0.25, -0.2) is 13.6 Å². The lowest BCUT2D eigenvalue weighted by Gasteiger charge is -2.00. The van der Waals surface area contributed by atoms with Gasteiger partial charge in [0.2, 0.25) is 0 Å². The molecule has 0 atom stereocenters. The molecule has 0 saturated heterocycles. The summed E-state index contributed by atoms with van der Waals surface area (Å²) in [5.41, 5.74) is -0.725. The quantitative estimate of drug-likeness (QED) is 0.850. The number of nitrogens with one attached hydrogen (secondary N) is 1. The van der Waals surface area contributed by atoms with Crippen LogP contribution in [0.3, 0.4) is 0 Å². The van der Waals surface area contributed by atoms with Crippen LogP contribution < -0.4 is 0 Å². The van der Waals surface area contributed by atoms with Crippen molar-refractivity contribution in [2.24, 2.45) is 0 Å². The third-order valence-corrected chi connectivity index (χ3v) is 2.26. The zero-order chi connectivity index (χ0) is 13.3. The topological polar surface area (TPSA) is 89.8 Å². The molecule has 2 N–H and O–H groups in total. The van der Waals surface area contributed by atoms with E-state index in [1.54, 1.807) is 6.07 Å². The first-order valence-corrected chi connectivity index (χ1v) is 4.71. The molecule has 0 aliphatic rings. The van der Waals surface area contributed by atoms with Gasteiger partial charge >= 0.3 is 5.97 Å². The van der Waals surface area contributed by atoms with Gasteiger partial charge in [0.25, 0.3) is 0 Å². The Morgan fingerprint density at radius 1 is 1.33 bits per heavy atom. The van der Waals surface area contributed by atoms with Crippen molar-refractivity contribution in [3.05, 3.63) is 41.1 Å². The Hall–Kier alpha value is -2.75. The average molecular weight is 249 g/mol. The van der Waals surface area contributed by atoms with E-state index in [9.17, 15) is 13.6 Å². The van der Waals surface area contributed by atoms with Crippen molar-refractivity contribution in [1.82, 2.24) is 10.2 Å². The molecule has 0 spiro atoms. The third kappa shape index (κ3) is 1.91. The molecule has 0 fully saturated rings. The number of hydrogen-bond donors (Lipinski definition) is 2. The fourth-order valence-corrected chi connectivity index (χ4v) is 1.40. The number of nitrogens with zero attached hydrogens (tertiary/aromatic N) is 2. The van der Waals surface area contributed by atoms with E-state index in [1.807, 2.05) is 0 Å². The van der Waals surface area contributed by atoms with Crippen LogP contribution in [0.1, 0.15) is 16.1 Å². The number of carboxylic acid groups (broad SMARTS) is 1. The molecule has 0 unspecified atom stereocenters. The molecule has 0 aliphatic heterocycles. The molecular weight excluding hydrogens is 244 g/mol. The molecule has 0 bridgehead atoms. The van der Waals surface area contributed by atoms with Gasteiger partial charge in [0.1, 0.15) is 23.4 Å². The van der Waals surface area contributed by atoms with Crippen LogP contribution in [0, 0.1) is 23.0 Å². The van der Waals surface area contributed by atoms with E-state index in [0.717, 1.165) is 12.1 Å². The Morgan fingerprint density at radius 3 is 2.61 bits per heavy atom. The second-order valence-corrected chi connectivity index (χ2v) is 3.40. The van der Waals surface area contributed by atoms with Crippen LogP contribution in [0.2, 0.25) is 0 Å². The Kier molecular flexibility index (Phi) is 2.77. The summed E-state index contributed by atoms with van der Waals surface area (Å²) in [6, 6.07) is 4.20. The molecular formula is C11H5F2N3O2. The molecule has 1 heterocycles. The summed E-state index contributed by atoms with van der Waals surface area (Å²) in [6.45, 7) is 0.